The number of aliphatic hydroxyl groups is 1. The van der Waals surface area contributed by atoms with E-state index >= 15 is 0 Å². The average Bonchev–Trinajstić information content (AvgIpc) is 3.18. The molecule has 4 rings (SSSR count). The van der Waals surface area contributed by atoms with Crippen molar-refractivity contribution in [2.24, 2.45) is 0 Å². The third-order valence-electron chi connectivity index (χ3n) is 6.60. The van der Waals surface area contributed by atoms with Crippen molar-refractivity contribution in [1.29, 1.82) is 0 Å². The zero-order valence-electron chi connectivity index (χ0n) is 21.5. The topological polar surface area (TPSA) is 92.2 Å². The number of methoxy groups -OCH3 is 2. The number of anilines is 1. The third kappa shape index (κ3) is 4.87. The molecule has 0 spiro atoms. The second kappa shape index (κ2) is 11.2. The first kappa shape index (κ1) is 25.8. The fourth-order valence-corrected chi connectivity index (χ4v) is 4.73. The van der Waals surface area contributed by atoms with Gasteiger partial charge < -0.3 is 24.4 Å². The van der Waals surface area contributed by atoms with Gasteiger partial charge >= 0.3 is 0 Å². The SMILES string of the molecule is CCN(CC)c1ccc(C2/C(=C(\O)c3c(OC)cccc3OC)C(=O)C(=O)N2Cc2ccccn2)cc1. The highest BCUT2D eigenvalue weighted by atomic mass is 16.5. The largest absolute Gasteiger partial charge is 0.506 e. The average molecular weight is 502 g/mol. The van der Waals surface area contributed by atoms with Gasteiger partial charge in [0, 0.05) is 25.0 Å². The predicted octanol–water partition coefficient (Wildman–Crippen LogP) is 4.57. The molecule has 1 aromatic heterocycles. The highest BCUT2D eigenvalue weighted by Crippen LogP contribution is 2.44. The van der Waals surface area contributed by atoms with Gasteiger partial charge in [0.2, 0.25) is 0 Å². The molecule has 1 atom stereocenters. The van der Waals surface area contributed by atoms with Crippen LogP contribution in [-0.4, -0.2) is 54.0 Å². The summed E-state index contributed by atoms with van der Waals surface area (Å²) in [7, 11) is 2.93. The first-order valence-electron chi connectivity index (χ1n) is 12.2. The minimum atomic E-state index is -0.831. The Hall–Kier alpha value is -4.33. The van der Waals surface area contributed by atoms with Gasteiger partial charge in [0.15, 0.2) is 0 Å². The second-order valence-electron chi connectivity index (χ2n) is 8.55. The molecule has 0 aliphatic carbocycles. The van der Waals surface area contributed by atoms with Gasteiger partial charge in [-0.3, -0.25) is 14.6 Å². The molecule has 1 fully saturated rings. The Bertz CT molecular complexity index is 1280. The molecule has 0 bridgehead atoms. The maximum absolute atomic E-state index is 13.5. The standard InChI is InChI=1S/C29H31N3O5/c1-5-31(6-2)21-15-13-19(14-16-21)26-25(27(33)24-22(36-3)11-9-12-23(24)37-4)28(34)29(35)32(26)18-20-10-7-8-17-30-20/h7-17,26,33H,5-6,18H2,1-4H3/b27-25+. The molecule has 8 heteroatoms. The highest BCUT2D eigenvalue weighted by Gasteiger charge is 2.46. The van der Waals surface area contributed by atoms with E-state index in [1.165, 1.54) is 19.1 Å². The van der Waals surface area contributed by atoms with Crippen LogP contribution in [0.25, 0.3) is 5.76 Å². The number of amides is 1. The predicted molar refractivity (Wildman–Crippen MR) is 142 cm³/mol. The van der Waals surface area contributed by atoms with Crippen molar-refractivity contribution in [3.63, 3.8) is 0 Å². The number of ketones is 1. The summed E-state index contributed by atoms with van der Waals surface area (Å²) in [6.07, 6.45) is 1.64. The van der Waals surface area contributed by atoms with E-state index in [1.54, 1.807) is 36.5 Å². The van der Waals surface area contributed by atoms with Gasteiger partial charge in [-0.25, -0.2) is 0 Å². The van der Waals surface area contributed by atoms with Crippen molar-refractivity contribution in [3.05, 3.63) is 89.3 Å². The smallest absolute Gasteiger partial charge is 0.296 e. The number of carbonyl (C=O) groups is 2. The zero-order valence-corrected chi connectivity index (χ0v) is 21.5. The summed E-state index contributed by atoms with van der Waals surface area (Å²) in [6.45, 7) is 5.97. The van der Waals surface area contributed by atoms with Crippen molar-refractivity contribution in [2.45, 2.75) is 26.4 Å². The molecular weight excluding hydrogens is 470 g/mol. The molecule has 1 unspecified atom stereocenters. The van der Waals surface area contributed by atoms with E-state index < -0.39 is 17.7 Å². The van der Waals surface area contributed by atoms with Crippen molar-refractivity contribution in [2.75, 3.05) is 32.2 Å². The Morgan fingerprint density at radius 2 is 1.59 bits per heavy atom. The number of rotatable bonds is 9. The van der Waals surface area contributed by atoms with Gasteiger partial charge in [-0.2, -0.15) is 0 Å². The number of ether oxygens (including phenoxy) is 2. The summed E-state index contributed by atoms with van der Waals surface area (Å²) in [4.78, 5) is 34.8. The zero-order chi connectivity index (χ0) is 26.5. The number of hydrogen-bond acceptors (Lipinski definition) is 7. The lowest BCUT2D eigenvalue weighted by molar-refractivity contribution is -0.140. The monoisotopic (exact) mass is 501 g/mol. The first-order valence-corrected chi connectivity index (χ1v) is 12.2. The van der Waals surface area contributed by atoms with Crippen LogP contribution < -0.4 is 14.4 Å². The third-order valence-corrected chi connectivity index (χ3v) is 6.60. The Kier molecular flexibility index (Phi) is 7.77. The normalized spacial score (nSPS) is 16.6. The summed E-state index contributed by atoms with van der Waals surface area (Å²) < 4.78 is 10.9. The molecule has 1 amide bonds. The summed E-state index contributed by atoms with van der Waals surface area (Å²) in [5, 5.41) is 11.6. The van der Waals surface area contributed by atoms with Gasteiger partial charge in [-0.1, -0.05) is 24.3 Å². The molecule has 1 aliphatic heterocycles. The van der Waals surface area contributed by atoms with E-state index in [2.05, 4.69) is 23.7 Å². The van der Waals surface area contributed by atoms with Crippen LogP contribution in [0.4, 0.5) is 5.69 Å². The van der Waals surface area contributed by atoms with E-state index in [0.29, 0.717) is 22.8 Å². The molecule has 37 heavy (non-hydrogen) atoms. The Morgan fingerprint density at radius 1 is 0.946 bits per heavy atom. The van der Waals surface area contributed by atoms with Gasteiger partial charge in [0.25, 0.3) is 11.7 Å². The number of aliphatic hydroxyl groups excluding tert-OH is 1. The van der Waals surface area contributed by atoms with Crippen molar-refractivity contribution >= 4 is 23.1 Å². The van der Waals surface area contributed by atoms with E-state index in [1.807, 2.05) is 30.3 Å². The number of benzene rings is 2. The van der Waals surface area contributed by atoms with Gasteiger partial charge in [-0.15, -0.1) is 0 Å². The minimum absolute atomic E-state index is 0.0284. The molecule has 1 aliphatic rings. The molecule has 8 nitrogen and oxygen atoms in total. The molecular formula is C29H31N3O5. The Balaban J connectivity index is 1.90. The summed E-state index contributed by atoms with van der Waals surface area (Å²) >= 11 is 0. The quantitative estimate of drug-likeness (QED) is 0.261. The maximum Gasteiger partial charge on any atom is 0.296 e. The number of aromatic nitrogens is 1. The molecule has 1 N–H and O–H groups in total. The molecule has 2 heterocycles. The van der Waals surface area contributed by atoms with Crippen LogP contribution >= 0.6 is 0 Å². The fourth-order valence-electron chi connectivity index (χ4n) is 4.73. The first-order chi connectivity index (χ1) is 17.9. The van der Waals surface area contributed by atoms with Crippen LogP contribution in [0.1, 0.15) is 36.7 Å². The van der Waals surface area contributed by atoms with E-state index in [9.17, 15) is 14.7 Å². The van der Waals surface area contributed by atoms with Gasteiger partial charge in [0.1, 0.15) is 22.8 Å². The molecule has 1 saturated heterocycles. The lowest BCUT2D eigenvalue weighted by Gasteiger charge is -2.26. The molecule has 0 radical (unpaired) electrons. The lowest BCUT2D eigenvalue weighted by atomic mass is 9.94. The fraction of sp³-hybridized carbons (Fsp3) is 0.276. The second-order valence-corrected chi connectivity index (χ2v) is 8.55. The van der Waals surface area contributed by atoms with Crippen LogP contribution in [0.15, 0.2) is 72.4 Å². The molecule has 0 saturated carbocycles. The summed E-state index contributed by atoms with van der Waals surface area (Å²) in [5.41, 5.74) is 2.54. The molecule has 2 aromatic carbocycles. The number of nitrogens with zero attached hydrogens (tertiary/aromatic N) is 3. The van der Waals surface area contributed by atoms with Gasteiger partial charge in [-0.05, 0) is 55.8 Å². The summed E-state index contributed by atoms with van der Waals surface area (Å²) in [6, 6.07) is 17.3. The lowest BCUT2D eigenvalue weighted by Crippen LogP contribution is -2.29. The van der Waals surface area contributed by atoms with E-state index in [-0.39, 0.29) is 23.4 Å². The highest BCUT2D eigenvalue weighted by molar-refractivity contribution is 6.46. The van der Waals surface area contributed by atoms with E-state index in [0.717, 1.165) is 18.8 Å². The van der Waals surface area contributed by atoms with Crippen LogP contribution in [0, 0.1) is 0 Å². The van der Waals surface area contributed by atoms with Crippen molar-refractivity contribution < 1.29 is 24.2 Å². The van der Waals surface area contributed by atoms with Gasteiger partial charge in [0.05, 0.1) is 38.1 Å². The number of Topliss-reactive ketones (excluding diaryl/α,β-unsaturated/α-hetero) is 1. The molecule has 3 aromatic rings. The van der Waals surface area contributed by atoms with Crippen LogP contribution in [0.3, 0.4) is 0 Å². The Labute approximate surface area is 216 Å². The summed E-state index contributed by atoms with van der Waals surface area (Å²) in [5.74, 6) is -1.20. The maximum atomic E-state index is 13.5. The van der Waals surface area contributed by atoms with Crippen LogP contribution in [0.5, 0.6) is 11.5 Å². The van der Waals surface area contributed by atoms with Crippen molar-refractivity contribution in [3.8, 4) is 11.5 Å². The van der Waals surface area contributed by atoms with Crippen molar-refractivity contribution in [1.82, 2.24) is 9.88 Å². The number of hydrogen-bond donors (Lipinski definition) is 1. The van der Waals surface area contributed by atoms with Crippen LogP contribution in [0.2, 0.25) is 0 Å². The number of carbonyl (C=O) groups excluding carboxylic acids is 2. The Morgan fingerprint density at radius 3 is 2.14 bits per heavy atom. The number of likely N-dealkylation sites (tertiary alicyclic amines) is 1. The number of pyridine rings is 1. The van der Waals surface area contributed by atoms with Crippen LogP contribution in [-0.2, 0) is 16.1 Å². The minimum Gasteiger partial charge on any atom is -0.506 e. The van der Waals surface area contributed by atoms with E-state index in [4.69, 9.17) is 9.47 Å². The molecule has 192 valence electrons.